The summed E-state index contributed by atoms with van der Waals surface area (Å²) in [6, 6.07) is 5.13. The van der Waals surface area contributed by atoms with Gasteiger partial charge in [0.1, 0.15) is 5.82 Å². The molecule has 7 nitrogen and oxygen atoms in total. The Hall–Kier alpha value is -2.32. The average molecular weight is 393 g/mol. The van der Waals surface area contributed by atoms with Gasteiger partial charge in [0.15, 0.2) is 5.16 Å². The highest BCUT2D eigenvalue weighted by molar-refractivity contribution is 7.99. The lowest BCUT2D eigenvalue weighted by molar-refractivity contribution is -0.123. The highest BCUT2D eigenvalue weighted by atomic mass is 35.5. The molecule has 2 heterocycles. The van der Waals surface area contributed by atoms with Gasteiger partial charge < -0.3 is 15.6 Å². The molecule has 0 spiro atoms. The topological polar surface area (TPSA) is 104 Å². The van der Waals surface area contributed by atoms with Crippen molar-refractivity contribution < 1.29 is 9.59 Å². The molecule has 0 saturated heterocycles. The third kappa shape index (κ3) is 3.76. The van der Waals surface area contributed by atoms with Crippen LogP contribution in [0, 0.1) is 6.92 Å². The summed E-state index contributed by atoms with van der Waals surface area (Å²) in [5, 5.41) is 6.23. The quantitative estimate of drug-likeness (QED) is 0.548. The fourth-order valence-electron chi connectivity index (χ4n) is 2.73. The van der Waals surface area contributed by atoms with Crippen LogP contribution in [0.25, 0.3) is 0 Å². The number of carbonyl (C=O) groups excluding carboxylic acids is 2. The molecule has 1 atom stereocenters. The van der Waals surface area contributed by atoms with Crippen molar-refractivity contribution in [2.24, 2.45) is 0 Å². The number of hydrogen-bond donors (Lipinski definition) is 3. The van der Waals surface area contributed by atoms with Crippen LogP contribution in [0.5, 0.6) is 0 Å². The number of amides is 2. The number of aromatic amines is 1. The van der Waals surface area contributed by atoms with E-state index in [1.54, 1.807) is 18.2 Å². The normalized spacial score (nSPS) is 16.0. The maximum absolute atomic E-state index is 12.8. The molecule has 3 N–H and O–H groups in total. The maximum atomic E-state index is 12.8. The lowest BCUT2D eigenvalue weighted by Crippen LogP contribution is -2.36. The first kappa shape index (κ1) is 18.5. The van der Waals surface area contributed by atoms with Gasteiger partial charge in [-0.15, -0.1) is 0 Å². The predicted octanol–water partition coefficient (Wildman–Crippen LogP) is 2.91. The molecular weight excluding hydrogens is 376 g/mol. The van der Waals surface area contributed by atoms with Crippen LogP contribution in [0.15, 0.2) is 28.2 Å². The van der Waals surface area contributed by atoms with Crippen molar-refractivity contribution in [3.63, 3.8) is 0 Å². The molecule has 0 aliphatic carbocycles. The average Bonchev–Trinajstić information content (AvgIpc) is 2.57. The van der Waals surface area contributed by atoms with E-state index in [4.69, 9.17) is 11.6 Å². The lowest BCUT2D eigenvalue weighted by Gasteiger charge is -2.23. The second kappa shape index (κ2) is 7.51. The number of fused-ring (bicyclic) bond motifs is 1. The zero-order chi connectivity index (χ0) is 18.8. The Kier molecular flexibility index (Phi) is 5.33. The van der Waals surface area contributed by atoms with Crippen LogP contribution in [0.3, 0.4) is 0 Å². The molecule has 0 fully saturated rings. The number of nitrogens with one attached hydrogen (secondary N) is 3. The number of benzene rings is 1. The number of rotatable bonds is 4. The zero-order valence-corrected chi connectivity index (χ0v) is 15.8. The largest absolute Gasteiger partial charge is 0.325 e. The van der Waals surface area contributed by atoms with E-state index in [1.165, 1.54) is 11.8 Å². The van der Waals surface area contributed by atoms with E-state index in [0.717, 1.165) is 5.56 Å². The second-order valence-electron chi connectivity index (χ2n) is 5.82. The van der Waals surface area contributed by atoms with E-state index < -0.39 is 17.4 Å². The van der Waals surface area contributed by atoms with Crippen LogP contribution in [0.4, 0.5) is 11.5 Å². The van der Waals surface area contributed by atoms with Crippen molar-refractivity contribution in [3.8, 4) is 0 Å². The minimum Gasteiger partial charge on any atom is -0.325 e. The van der Waals surface area contributed by atoms with Crippen LogP contribution >= 0.6 is 23.4 Å². The Morgan fingerprint density at radius 3 is 2.92 bits per heavy atom. The summed E-state index contributed by atoms with van der Waals surface area (Å²) in [6.45, 7) is 3.75. The Morgan fingerprint density at radius 2 is 2.19 bits per heavy atom. The number of carbonyl (C=O) groups is 2. The molecule has 0 saturated carbocycles. The van der Waals surface area contributed by atoms with Crippen molar-refractivity contribution in [1.29, 1.82) is 0 Å². The van der Waals surface area contributed by atoms with Crippen molar-refractivity contribution >= 4 is 46.7 Å². The van der Waals surface area contributed by atoms with Crippen molar-refractivity contribution in [2.75, 3.05) is 16.4 Å². The van der Waals surface area contributed by atoms with E-state index in [2.05, 4.69) is 20.6 Å². The van der Waals surface area contributed by atoms with Gasteiger partial charge in [0.25, 0.3) is 5.56 Å². The summed E-state index contributed by atoms with van der Waals surface area (Å²) in [4.78, 5) is 44.2. The smallest absolute Gasteiger partial charge is 0.257 e. The zero-order valence-electron chi connectivity index (χ0n) is 14.2. The lowest BCUT2D eigenvalue weighted by atomic mass is 9.92. The van der Waals surface area contributed by atoms with Gasteiger partial charge in [-0.05, 0) is 30.4 Å². The fraction of sp³-hybridized carbons (Fsp3) is 0.294. The molecule has 1 aromatic carbocycles. The Labute approximate surface area is 158 Å². The Bertz CT molecular complexity index is 944. The first-order valence-corrected chi connectivity index (χ1v) is 9.39. The SMILES string of the molecule is CCSc1nc2c(c(=O)[nH]1)C(C(=O)Nc1cc(Cl)ccc1C)CC(=O)N2. The van der Waals surface area contributed by atoms with Crippen LogP contribution in [-0.2, 0) is 9.59 Å². The molecule has 0 radical (unpaired) electrons. The van der Waals surface area contributed by atoms with Crippen LogP contribution < -0.4 is 16.2 Å². The molecule has 136 valence electrons. The summed E-state index contributed by atoms with van der Waals surface area (Å²) in [7, 11) is 0. The monoisotopic (exact) mass is 392 g/mol. The highest BCUT2D eigenvalue weighted by Gasteiger charge is 2.34. The van der Waals surface area contributed by atoms with Crippen molar-refractivity contribution in [3.05, 3.63) is 44.7 Å². The number of thioether (sulfide) groups is 1. The summed E-state index contributed by atoms with van der Waals surface area (Å²) in [5.41, 5.74) is 1.11. The molecule has 1 unspecified atom stereocenters. The molecule has 1 aromatic heterocycles. The van der Waals surface area contributed by atoms with Crippen molar-refractivity contribution in [2.45, 2.75) is 31.3 Å². The van der Waals surface area contributed by atoms with E-state index in [-0.39, 0.29) is 23.7 Å². The molecule has 1 aliphatic rings. The molecule has 2 aromatic rings. The number of anilines is 2. The minimum atomic E-state index is -0.922. The van der Waals surface area contributed by atoms with Gasteiger partial charge in [-0.25, -0.2) is 4.98 Å². The van der Waals surface area contributed by atoms with E-state index in [0.29, 0.717) is 21.6 Å². The van der Waals surface area contributed by atoms with Gasteiger partial charge >= 0.3 is 0 Å². The number of H-pyrrole nitrogens is 1. The van der Waals surface area contributed by atoms with E-state index in [9.17, 15) is 14.4 Å². The van der Waals surface area contributed by atoms with Gasteiger partial charge in [0, 0.05) is 17.1 Å². The number of aryl methyl sites for hydroxylation is 1. The molecule has 9 heteroatoms. The van der Waals surface area contributed by atoms with E-state index in [1.807, 2.05) is 13.8 Å². The molecular formula is C17H17ClN4O3S. The Balaban J connectivity index is 1.96. The third-order valence-electron chi connectivity index (χ3n) is 3.98. The maximum Gasteiger partial charge on any atom is 0.257 e. The van der Waals surface area contributed by atoms with Gasteiger partial charge in [0.2, 0.25) is 11.8 Å². The summed E-state index contributed by atoms with van der Waals surface area (Å²) in [6.07, 6.45) is -0.122. The summed E-state index contributed by atoms with van der Waals surface area (Å²) < 4.78 is 0. The summed E-state index contributed by atoms with van der Waals surface area (Å²) in [5.74, 6) is -0.869. The standard InChI is InChI=1S/C17H17ClN4O3S/c1-3-26-17-21-14-13(16(25)22-17)10(7-12(23)20-14)15(24)19-11-6-9(18)5-4-8(11)2/h4-6,10H,3,7H2,1-2H3,(H,19,24)(H2,20,21,22,23,25). The molecule has 1 aliphatic heterocycles. The van der Waals surface area contributed by atoms with Gasteiger partial charge in [-0.3, -0.25) is 14.4 Å². The number of hydrogen-bond acceptors (Lipinski definition) is 5. The molecule has 2 amide bonds. The summed E-state index contributed by atoms with van der Waals surface area (Å²) >= 11 is 7.33. The number of nitrogens with zero attached hydrogens (tertiary/aromatic N) is 1. The second-order valence-corrected chi connectivity index (χ2v) is 7.51. The van der Waals surface area contributed by atoms with Crippen LogP contribution in [0.2, 0.25) is 5.02 Å². The van der Waals surface area contributed by atoms with Crippen LogP contribution in [0.1, 0.15) is 30.4 Å². The fourth-order valence-corrected chi connectivity index (χ4v) is 3.49. The minimum absolute atomic E-state index is 0.122. The number of aromatic nitrogens is 2. The highest BCUT2D eigenvalue weighted by Crippen LogP contribution is 2.31. The first-order valence-electron chi connectivity index (χ1n) is 8.03. The van der Waals surface area contributed by atoms with Crippen molar-refractivity contribution in [1.82, 2.24) is 9.97 Å². The molecule has 3 rings (SSSR count). The van der Waals surface area contributed by atoms with Crippen LogP contribution in [-0.4, -0.2) is 27.5 Å². The molecule has 26 heavy (non-hydrogen) atoms. The molecule has 0 bridgehead atoms. The van der Waals surface area contributed by atoms with Gasteiger partial charge in [0.05, 0.1) is 11.5 Å². The van der Waals surface area contributed by atoms with Gasteiger partial charge in [-0.1, -0.05) is 36.4 Å². The van der Waals surface area contributed by atoms with Gasteiger partial charge in [-0.2, -0.15) is 0 Å². The Morgan fingerprint density at radius 1 is 1.42 bits per heavy atom. The van der Waals surface area contributed by atoms with E-state index >= 15 is 0 Å². The predicted molar refractivity (Wildman–Crippen MR) is 102 cm³/mol. The third-order valence-corrected chi connectivity index (χ3v) is 4.97. The first-order chi connectivity index (χ1) is 12.4. The number of halogens is 1.